The summed E-state index contributed by atoms with van der Waals surface area (Å²) in [6, 6.07) is 8.09. The number of H-pyrrole nitrogens is 1. The molecule has 1 N–H and O–H groups in total. The fourth-order valence-corrected chi connectivity index (χ4v) is 2.18. The zero-order valence-electron chi connectivity index (χ0n) is 11.2. The van der Waals surface area contributed by atoms with Crippen molar-refractivity contribution in [2.24, 2.45) is 7.05 Å². The number of hydrogen-bond acceptors (Lipinski definition) is 3. The van der Waals surface area contributed by atoms with Gasteiger partial charge in [0.25, 0.3) is 0 Å². The Bertz CT molecular complexity index is 649. The number of nitrogens with zero attached hydrogens (tertiary/aromatic N) is 4. The quantitative estimate of drug-likeness (QED) is 0.775. The molecule has 0 spiro atoms. The van der Waals surface area contributed by atoms with E-state index in [1.807, 2.05) is 48.3 Å². The van der Waals surface area contributed by atoms with E-state index in [2.05, 4.69) is 26.9 Å². The van der Waals surface area contributed by atoms with Crippen molar-refractivity contribution in [2.75, 3.05) is 7.05 Å². The van der Waals surface area contributed by atoms with E-state index in [0.29, 0.717) is 0 Å². The van der Waals surface area contributed by atoms with Gasteiger partial charge in [0.2, 0.25) is 0 Å². The second-order valence-electron chi connectivity index (χ2n) is 4.83. The maximum absolute atomic E-state index is 4.58. The Morgan fingerprint density at radius 1 is 1.26 bits per heavy atom. The second-order valence-corrected chi connectivity index (χ2v) is 4.83. The van der Waals surface area contributed by atoms with Crippen molar-refractivity contribution >= 4 is 11.0 Å². The van der Waals surface area contributed by atoms with Crippen LogP contribution in [0, 0.1) is 0 Å². The topological polar surface area (TPSA) is 49.7 Å². The Balaban J connectivity index is 1.72. The summed E-state index contributed by atoms with van der Waals surface area (Å²) in [5, 5.41) is 0. The summed E-state index contributed by atoms with van der Waals surface area (Å²) in [5.41, 5.74) is 2.10. The molecule has 0 fully saturated rings. The molecule has 0 amide bonds. The Kier molecular flexibility index (Phi) is 3.05. The highest BCUT2D eigenvalue weighted by Crippen LogP contribution is 2.12. The molecule has 2 heterocycles. The molecular weight excluding hydrogens is 238 g/mol. The summed E-state index contributed by atoms with van der Waals surface area (Å²) in [4.78, 5) is 14.4. The SMILES string of the molecule is CN(Cc1nc2ccccc2[nH]1)Cc1nccn1C. The Morgan fingerprint density at radius 3 is 2.84 bits per heavy atom. The van der Waals surface area contributed by atoms with Crippen LogP contribution in [0.15, 0.2) is 36.7 Å². The monoisotopic (exact) mass is 255 g/mol. The van der Waals surface area contributed by atoms with Gasteiger partial charge in [-0.25, -0.2) is 9.97 Å². The summed E-state index contributed by atoms with van der Waals surface area (Å²) in [7, 11) is 4.08. The summed E-state index contributed by atoms with van der Waals surface area (Å²) in [6.07, 6.45) is 3.79. The molecule has 3 rings (SSSR count). The van der Waals surface area contributed by atoms with Gasteiger partial charge in [0.15, 0.2) is 0 Å². The number of imidazole rings is 2. The van der Waals surface area contributed by atoms with Crippen LogP contribution in [0.1, 0.15) is 11.6 Å². The zero-order valence-corrected chi connectivity index (χ0v) is 11.2. The summed E-state index contributed by atoms with van der Waals surface area (Å²) in [5.74, 6) is 2.04. The minimum absolute atomic E-state index is 0.779. The van der Waals surface area contributed by atoms with Gasteiger partial charge in [0.1, 0.15) is 11.6 Å². The lowest BCUT2D eigenvalue weighted by atomic mass is 10.3. The molecule has 0 saturated carbocycles. The fourth-order valence-electron chi connectivity index (χ4n) is 2.18. The van der Waals surface area contributed by atoms with E-state index in [1.165, 1.54) is 0 Å². The van der Waals surface area contributed by atoms with Crippen molar-refractivity contribution in [2.45, 2.75) is 13.1 Å². The third-order valence-corrected chi connectivity index (χ3v) is 3.19. The Hall–Kier alpha value is -2.14. The van der Waals surface area contributed by atoms with Gasteiger partial charge < -0.3 is 9.55 Å². The normalized spacial score (nSPS) is 11.5. The highest BCUT2D eigenvalue weighted by atomic mass is 15.2. The van der Waals surface area contributed by atoms with Crippen LogP contribution < -0.4 is 0 Å². The number of aromatic amines is 1. The molecule has 0 bridgehead atoms. The van der Waals surface area contributed by atoms with Gasteiger partial charge >= 0.3 is 0 Å². The fraction of sp³-hybridized carbons (Fsp3) is 0.286. The number of benzene rings is 1. The smallest absolute Gasteiger partial charge is 0.122 e. The number of aromatic nitrogens is 4. The first-order chi connectivity index (χ1) is 9.22. The predicted molar refractivity (Wildman–Crippen MR) is 74.5 cm³/mol. The first-order valence-electron chi connectivity index (χ1n) is 6.31. The lowest BCUT2D eigenvalue weighted by Crippen LogP contribution is -2.20. The molecule has 3 aromatic rings. The molecule has 0 saturated heterocycles. The molecule has 5 nitrogen and oxygen atoms in total. The average molecular weight is 255 g/mol. The van der Waals surface area contributed by atoms with Crippen LogP contribution in [0.5, 0.6) is 0 Å². The third kappa shape index (κ3) is 2.51. The lowest BCUT2D eigenvalue weighted by Gasteiger charge is -2.14. The molecule has 19 heavy (non-hydrogen) atoms. The number of rotatable bonds is 4. The molecular formula is C14H17N5. The van der Waals surface area contributed by atoms with Crippen LogP contribution in [-0.2, 0) is 20.1 Å². The average Bonchev–Trinajstić information content (AvgIpc) is 2.95. The van der Waals surface area contributed by atoms with Crippen molar-refractivity contribution in [3.63, 3.8) is 0 Å². The lowest BCUT2D eigenvalue weighted by molar-refractivity contribution is 0.300. The number of nitrogens with one attached hydrogen (secondary N) is 1. The molecule has 2 aromatic heterocycles. The largest absolute Gasteiger partial charge is 0.341 e. The molecule has 1 aromatic carbocycles. The molecule has 0 aliphatic carbocycles. The molecule has 0 aliphatic heterocycles. The van der Waals surface area contributed by atoms with Gasteiger partial charge in [-0.3, -0.25) is 4.90 Å². The molecule has 0 aliphatic rings. The first-order valence-corrected chi connectivity index (χ1v) is 6.31. The van der Waals surface area contributed by atoms with Crippen molar-refractivity contribution in [1.29, 1.82) is 0 Å². The number of aryl methyl sites for hydroxylation is 1. The van der Waals surface area contributed by atoms with E-state index >= 15 is 0 Å². The van der Waals surface area contributed by atoms with Gasteiger partial charge in [-0.05, 0) is 19.2 Å². The van der Waals surface area contributed by atoms with Crippen LogP contribution in [0.4, 0.5) is 0 Å². The van der Waals surface area contributed by atoms with E-state index in [9.17, 15) is 0 Å². The van der Waals surface area contributed by atoms with Gasteiger partial charge in [-0.2, -0.15) is 0 Å². The van der Waals surface area contributed by atoms with Gasteiger partial charge in [-0.1, -0.05) is 12.1 Å². The molecule has 0 atom stereocenters. The minimum Gasteiger partial charge on any atom is -0.341 e. The van der Waals surface area contributed by atoms with Gasteiger partial charge in [0.05, 0.1) is 24.1 Å². The highest BCUT2D eigenvalue weighted by molar-refractivity contribution is 5.74. The van der Waals surface area contributed by atoms with E-state index in [1.54, 1.807) is 0 Å². The zero-order chi connectivity index (χ0) is 13.2. The third-order valence-electron chi connectivity index (χ3n) is 3.19. The minimum atomic E-state index is 0.779. The highest BCUT2D eigenvalue weighted by Gasteiger charge is 2.08. The van der Waals surface area contributed by atoms with E-state index in [4.69, 9.17) is 0 Å². The maximum Gasteiger partial charge on any atom is 0.122 e. The van der Waals surface area contributed by atoms with E-state index < -0.39 is 0 Å². The van der Waals surface area contributed by atoms with Crippen LogP contribution >= 0.6 is 0 Å². The van der Waals surface area contributed by atoms with Crippen molar-refractivity contribution in [3.05, 3.63) is 48.3 Å². The maximum atomic E-state index is 4.58. The summed E-state index contributed by atoms with van der Waals surface area (Å²) in [6.45, 7) is 1.59. The molecule has 0 radical (unpaired) electrons. The van der Waals surface area contributed by atoms with Gasteiger partial charge in [0, 0.05) is 19.4 Å². The summed E-state index contributed by atoms with van der Waals surface area (Å²) >= 11 is 0. The van der Waals surface area contributed by atoms with Crippen LogP contribution in [0.3, 0.4) is 0 Å². The second kappa shape index (κ2) is 4.85. The van der Waals surface area contributed by atoms with Crippen LogP contribution in [0.2, 0.25) is 0 Å². The summed E-state index contributed by atoms with van der Waals surface area (Å²) < 4.78 is 2.04. The Morgan fingerprint density at radius 2 is 2.11 bits per heavy atom. The number of fused-ring (bicyclic) bond motifs is 1. The van der Waals surface area contributed by atoms with Crippen molar-refractivity contribution < 1.29 is 0 Å². The van der Waals surface area contributed by atoms with Crippen LogP contribution in [0.25, 0.3) is 11.0 Å². The van der Waals surface area contributed by atoms with Crippen LogP contribution in [-0.4, -0.2) is 31.5 Å². The molecule has 5 heteroatoms. The molecule has 98 valence electrons. The number of hydrogen-bond donors (Lipinski definition) is 1. The first kappa shape index (κ1) is 11.9. The van der Waals surface area contributed by atoms with Gasteiger partial charge in [-0.15, -0.1) is 0 Å². The standard InChI is InChI=1S/C14H17N5/c1-18(10-14-15-7-8-19(14)2)9-13-16-11-5-3-4-6-12(11)17-13/h3-8H,9-10H2,1-2H3,(H,16,17). The molecule has 0 unspecified atom stereocenters. The Labute approximate surface area is 111 Å². The van der Waals surface area contributed by atoms with E-state index in [0.717, 1.165) is 35.8 Å². The van der Waals surface area contributed by atoms with Crippen molar-refractivity contribution in [1.82, 2.24) is 24.4 Å². The predicted octanol–water partition coefficient (Wildman–Crippen LogP) is 1.93. The number of para-hydroxylation sites is 2. The van der Waals surface area contributed by atoms with E-state index in [-0.39, 0.29) is 0 Å². The van der Waals surface area contributed by atoms with Crippen molar-refractivity contribution in [3.8, 4) is 0 Å².